The Bertz CT molecular complexity index is 404. The van der Waals surface area contributed by atoms with Crippen LogP contribution >= 0.6 is 0 Å². The molecule has 66 valence electrons. The van der Waals surface area contributed by atoms with Gasteiger partial charge >= 0.3 is 0 Å². The fourth-order valence-electron chi connectivity index (χ4n) is 1.34. The van der Waals surface area contributed by atoms with E-state index in [4.69, 9.17) is 4.42 Å². The maximum absolute atomic E-state index is 12.8. The van der Waals surface area contributed by atoms with Crippen LogP contribution in [0.15, 0.2) is 41.0 Å². The standard InChI is InChI=1S/C11H9FO/c1-8-7-9(12)4-5-10(8)11-3-2-6-13-11/h2-7H,1H3. The van der Waals surface area contributed by atoms with Crippen LogP contribution in [0.1, 0.15) is 5.56 Å². The maximum atomic E-state index is 12.8. The predicted molar refractivity (Wildman–Crippen MR) is 48.8 cm³/mol. The van der Waals surface area contributed by atoms with Crippen molar-refractivity contribution in [1.29, 1.82) is 0 Å². The van der Waals surface area contributed by atoms with Gasteiger partial charge in [-0.3, -0.25) is 0 Å². The summed E-state index contributed by atoms with van der Waals surface area (Å²) < 4.78 is 18.0. The summed E-state index contributed by atoms with van der Waals surface area (Å²) in [7, 11) is 0. The fourth-order valence-corrected chi connectivity index (χ4v) is 1.34. The average molecular weight is 176 g/mol. The maximum Gasteiger partial charge on any atom is 0.134 e. The lowest BCUT2D eigenvalue weighted by molar-refractivity contribution is 0.581. The Balaban J connectivity index is 2.53. The van der Waals surface area contributed by atoms with Gasteiger partial charge in [0.05, 0.1) is 6.26 Å². The normalized spacial score (nSPS) is 10.3. The lowest BCUT2D eigenvalue weighted by Crippen LogP contribution is -1.82. The molecule has 0 unspecified atom stereocenters. The summed E-state index contributed by atoms with van der Waals surface area (Å²) >= 11 is 0. The Morgan fingerprint density at radius 2 is 2.08 bits per heavy atom. The minimum Gasteiger partial charge on any atom is -0.464 e. The van der Waals surface area contributed by atoms with Gasteiger partial charge in [0.2, 0.25) is 0 Å². The molecule has 13 heavy (non-hydrogen) atoms. The molecule has 1 heterocycles. The summed E-state index contributed by atoms with van der Waals surface area (Å²) in [5.41, 5.74) is 1.82. The summed E-state index contributed by atoms with van der Waals surface area (Å²) in [6.07, 6.45) is 1.61. The first-order valence-corrected chi connectivity index (χ1v) is 4.07. The zero-order valence-corrected chi connectivity index (χ0v) is 7.25. The molecule has 0 saturated carbocycles. The molecule has 0 bridgehead atoms. The summed E-state index contributed by atoms with van der Waals surface area (Å²) in [6, 6.07) is 8.34. The van der Waals surface area contributed by atoms with Crippen LogP contribution in [0.2, 0.25) is 0 Å². The number of benzene rings is 1. The number of hydrogen-bond donors (Lipinski definition) is 0. The quantitative estimate of drug-likeness (QED) is 0.649. The minimum absolute atomic E-state index is 0.215. The molecule has 2 heteroatoms. The molecule has 1 aromatic heterocycles. The molecule has 0 amide bonds. The smallest absolute Gasteiger partial charge is 0.134 e. The van der Waals surface area contributed by atoms with Gasteiger partial charge in [0.25, 0.3) is 0 Å². The van der Waals surface area contributed by atoms with E-state index < -0.39 is 0 Å². The number of halogens is 1. The second-order valence-electron chi connectivity index (χ2n) is 2.94. The van der Waals surface area contributed by atoms with Gasteiger partial charge in [-0.2, -0.15) is 0 Å². The van der Waals surface area contributed by atoms with Gasteiger partial charge in [-0.05, 0) is 42.8 Å². The Hall–Kier alpha value is -1.57. The molecule has 0 aliphatic heterocycles. The van der Waals surface area contributed by atoms with E-state index >= 15 is 0 Å². The molecule has 0 aliphatic rings. The zero-order chi connectivity index (χ0) is 9.26. The number of rotatable bonds is 1. The van der Waals surface area contributed by atoms with Crippen molar-refractivity contribution < 1.29 is 8.81 Å². The highest BCUT2D eigenvalue weighted by Crippen LogP contribution is 2.23. The topological polar surface area (TPSA) is 13.1 Å². The molecular weight excluding hydrogens is 167 g/mol. The molecule has 2 aromatic rings. The fraction of sp³-hybridized carbons (Fsp3) is 0.0909. The van der Waals surface area contributed by atoms with Crippen molar-refractivity contribution in [2.75, 3.05) is 0 Å². The third kappa shape index (κ3) is 1.47. The van der Waals surface area contributed by atoms with Crippen molar-refractivity contribution >= 4 is 0 Å². The van der Waals surface area contributed by atoms with Gasteiger partial charge in [0.1, 0.15) is 11.6 Å². The monoisotopic (exact) mass is 176 g/mol. The van der Waals surface area contributed by atoms with E-state index in [1.165, 1.54) is 12.1 Å². The van der Waals surface area contributed by atoms with Gasteiger partial charge in [0, 0.05) is 5.56 Å². The lowest BCUT2D eigenvalue weighted by Gasteiger charge is -2.01. The van der Waals surface area contributed by atoms with E-state index in [1.807, 2.05) is 19.1 Å². The van der Waals surface area contributed by atoms with Gasteiger partial charge in [0.15, 0.2) is 0 Å². The van der Waals surface area contributed by atoms with Gasteiger partial charge in [-0.15, -0.1) is 0 Å². The molecule has 2 rings (SSSR count). The van der Waals surface area contributed by atoms with Crippen LogP contribution in [0.25, 0.3) is 11.3 Å². The molecular formula is C11H9FO. The van der Waals surface area contributed by atoms with Gasteiger partial charge in [-0.1, -0.05) is 0 Å². The molecule has 0 radical (unpaired) electrons. The third-order valence-corrected chi connectivity index (χ3v) is 1.98. The van der Waals surface area contributed by atoms with Crippen LogP contribution < -0.4 is 0 Å². The Morgan fingerprint density at radius 3 is 2.69 bits per heavy atom. The highest BCUT2D eigenvalue weighted by atomic mass is 19.1. The molecule has 0 N–H and O–H groups in total. The van der Waals surface area contributed by atoms with Crippen LogP contribution in [0.5, 0.6) is 0 Å². The summed E-state index contributed by atoms with van der Waals surface area (Å²) in [4.78, 5) is 0. The summed E-state index contributed by atoms with van der Waals surface area (Å²) in [5.74, 6) is 0.560. The van der Waals surface area contributed by atoms with Gasteiger partial charge < -0.3 is 4.42 Å². The van der Waals surface area contributed by atoms with E-state index in [2.05, 4.69) is 0 Å². The zero-order valence-electron chi connectivity index (χ0n) is 7.25. The van der Waals surface area contributed by atoms with Crippen molar-refractivity contribution in [3.8, 4) is 11.3 Å². The minimum atomic E-state index is -0.215. The Kier molecular flexibility index (Phi) is 1.89. The van der Waals surface area contributed by atoms with Gasteiger partial charge in [-0.25, -0.2) is 4.39 Å². The summed E-state index contributed by atoms with van der Waals surface area (Å²) in [6.45, 7) is 1.86. The van der Waals surface area contributed by atoms with Crippen LogP contribution in [0.4, 0.5) is 4.39 Å². The van der Waals surface area contributed by atoms with Crippen LogP contribution in [0.3, 0.4) is 0 Å². The molecule has 1 aromatic carbocycles. The van der Waals surface area contributed by atoms with Crippen molar-refractivity contribution in [2.45, 2.75) is 6.92 Å². The van der Waals surface area contributed by atoms with Crippen LogP contribution in [-0.4, -0.2) is 0 Å². The Morgan fingerprint density at radius 1 is 1.23 bits per heavy atom. The van der Waals surface area contributed by atoms with E-state index in [1.54, 1.807) is 12.3 Å². The van der Waals surface area contributed by atoms with Crippen molar-refractivity contribution in [1.82, 2.24) is 0 Å². The second kappa shape index (κ2) is 3.05. The second-order valence-corrected chi connectivity index (χ2v) is 2.94. The van der Waals surface area contributed by atoms with E-state index in [0.717, 1.165) is 16.9 Å². The third-order valence-electron chi connectivity index (χ3n) is 1.98. The first-order chi connectivity index (χ1) is 6.27. The van der Waals surface area contributed by atoms with Crippen molar-refractivity contribution in [2.24, 2.45) is 0 Å². The van der Waals surface area contributed by atoms with Crippen molar-refractivity contribution in [3.05, 3.63) is 48.0 Å². The molecule has 0 aliphatic carbocycles. The largest absolute Gasteiger partial charge is 0.464 e. The highest BCUT2D eigenvalue weighted by molar-refractivity contribution is 5.61. The van der Waals surface area contributed by atoms with Crippen molar-refractivity contribution in [3.63, 3.8) is 0 Å². The molecule has 0 spiro atoms. The molecule has 0 atom stereocenters. The Labute approximate surface area is 75.8 Å². The highest BCUT2D eigenvalue weighted by Gasteiger charge is 2.04. The number of hydrogen-bond acceptors (Lipinski definition) is 1. The molecule has 0 fully saturated rings. The van der Waals surface area contributed by atoms with E-state index in [0.29, 0.717) is 0 Å². The number of furan rings is 1. The summed E-state index contributed by atoms with van der Waals surface area (Å²) in [5, 5.41) is 0. The van der Waals surface area contributed by atoms with E-state index in [-0.39, 0.29) is 5.82 Å². The van der Waals surface area contributed by atoms with E-state index in [9.17, 15) is 4.39 Å². The van der Waals surface area contributed by atoms with Crippen LogP contribution in [-0.2, 0) is 0 Å². The van der Waals surface area contributed by atoms with Crippen LogP contribution in [0, 0.1) is 12.7 Å². The molecule has 1 nitrogen and oxygen atoms in total. The molecule has 0 saturated heterocycles. The SMILES string of the molecule is Cc1cc(F)ccc1-c1ccco1. The lowest BCUT2D eigenvalue weighted by atomic mass is 10.1. The average Bonchev–Trinajstić information content (AvgIpc) is 2.56. The number of aryl methyl sites for hydroxylation is 1. The predicted octanol–water partition coefficient (Wildman–Crippen LogP) is 3.39. The first kappa shape index (κ1) is 8.05. The first-order valence-electron chi connectivity index (χ1n) is 4.07.